The first-order valence-electron chi connectivity index (χ1n) is 6.25. The highest BCUT2D eigenvalue weighted by molar-refractivity contribution is 8.00. The molecule has 5 nitrogen and oxygen atoms in total. The van der Waals surface area contributed by atoms with Gasteiger partial charge in [-0.2, -0.15) is 0 Å². The van der Waals surface area contributed by atoms with Crippen LogP contribution in [0.5, 0.6) is 0 Å². The third kappa shape index (κ3) is 4.40. The van der Waals surface area contributed by atoms with Gasteiger partial charge in [0, 0.05) is 23.7 Å². The van der Waals surface area contributed by atoms with Crippen LogP contribution in [0.3, 0.4) is 0 Å². The van der Waals surface area contributed by atoms with E-state index in [0.29, 0.717) is 18.0 Å². The van der Waals surface area contributed by atoms with Gasteiger partial charge in [-0.1, -0.05) is 11.6 Å². The van der Waals surface area contributed by atoms with Gasteiger partial charge in [0.05, 0.1) is 5.75 Å². The minimum absolute atomic E-state index is 0.00924. The second-order valence-electron chi connectivity index (χ2n) is 4.47. The monoisotopic (exact) mass is 313 g/mol. The summed E-state index contributed by atoms with van der Waals surface area (Å²) >= 11 is 7.28. The molecule has 7 heteroatoms. The number of hydrogen-bond acceptors (Lipinski definition) is 4. The van der Waals surface area contributed by atoms with E-state index in [2.05, 4.69) is 16.0 Å². The Morgan fingerprint density at radius 2 is 2.35 bits per heavy atom. The average Bonchev–Trinajstić information content (AvgIpc) is 2.41. The van der Waals surface area contributed by atoms with Crippen molar-refractivity contribution in [3.8, 4) is 0 Å². The molecule has 0 aliphatic carbocycles. The maximum absolute atomic E-state index is 11.8. The lowest BCUT2D eigenvalue weighted by molar-refractivity contribution is -0.122. The molecule has 3 N–H and O–H groups in total. The number of rotatable bonds is 4. The van der Waals surface area contributed by atoms with Crippen molar-refractivity contribution in [1.29, 1.82) is 0 Å². The van der Waals surface area contributed by atoms with Crippen LogP contribution < -0.4 is 16.0 Å². The Kier molecular flexibility index (Phi) is 5.28. The zero-order valence-corrected chi connectivity index (χ0v) is 12.6. The molecule has 1 aliphatic rings. The molecule has 0 radical (unpaired) electrons. The Hall–Kier alpha value is -1.24. The SMILES string of the molecule is Cc1cc(NC(=O)CSC2NCCC(=O)N2)ccc1Cl. The van der Waals surface area contributed by atoms with Gasteiger partial charge >= 0.3 is 0 Å². The lowest BCUT2D eigenvalue weighted by atomic mass is 10.2. The summed E-state index contributed by atoms with van der Waals surface area (Å²) in [4.78, 5) is 23.0. The van der Waals surface area contributed by atoms with Gasteiger partial charge in [-0.05, 0) is 30.7 Å². The molecule has 0 spiro atoms. The summed E-state index contributed by atoms with van der Waals surface area (Å²) < 4.78 is 0. The Morgan fingerprint density at radius 3 is 3.05 bits per heavy atom. The number of anilines is 1. The normalized spacial score (nSPS) is 18.5. The minimum atomic E-state index is -0.200. The van der Waals surface area contributed by atoms with Crippen molar-refractivity contribution in [2.24, 2.45) is 0 Å². The molecule has 1 aliphatic heterocycles. The van der Waals surface area contributed by atoms with Crippen LogP contribution in [-0.4, -0.2) is 29.6 Å². The number of thioether (sulfide) groups is 1. The van der Waals surface area contributed by atoms with Gasteiger partial charge in [-0.3, -0.25) is 14.9 Å². The predicted octanol–water partition coefficient (Wildman–Crippen LogP) is 1.71. The molecule has 1 aromatic carbocycles. The van der Waals surface area contributed by atoms with Crippen LogP contribution in [0, 0.1) is 6.92 Å². The third-order valence-corrected chi connectivity index (χ3v) is 4.27. The molecule has 1 aromatic rings. The van der Waals surface area contributed by atoms with Gasteiger partial charge < -0.3 is 10.6 Å². The fourth-order valence-corrected chi connectivity index (χ4v) is 2.72. The molecule has 1 heterocycles. The lowest BCUT2D eigenvalue weighted by Crippen LogP contribution is -2.49. The van der Waals surface area contributed by atoms with Crippen LogP contribution in [0.4, 0.5) is 5.69 Å². The predicted molar refractivity (Wildman–Crippen MR) is 81.8 cm³/mol. The lowest BCUT2D eigenvalue weighted by Gasteiger charge is -2.23. The van der Waals surface area contributed by atoms with Crippen molar-refractivity contribution in [2.45, 2.75) is 18.8 Å². The fraction of sp³-hybridized carbons (Fsp3) is 0.385. The minimum Gasteiger partial charge on any atom is -0.332 e. The standard InChI is InChI=1S/C13H16ClN3O2S/c1-8-6-9(2-3-10(8)14)16-12(19)7-20-13-15-5-4-11(18)17-13/h2-3,6,13,15H,4-5,7H2,1H3,(H,16,19)(H,17,18). The molecular formula is C13H16ClN3O2S. The van der Waals surface area contributed by atoms with Crippen molar-refractivity contribution in [1.82, 2.24) is 10.6 Å². The summed E-state index contributed by atoms with van der Waals surface area (Å²) in [5.74, 6) is 0.160. The number of hydrogen-bond donors (Lipinski definition) is 3. The molecule has 2 rings (SSSR count). The van der Waals surface area contributed by atoms with Crippen LogP contribution in [0.2, 0.25) is 5.02 Å². The van der Waals surface area contributed by atoms with E-state index in [4.69, 9.17) is 11.6 Å². The molecule has 1 saturated heterocycles. The van der Waals surface area contributed by atoms with Crippen molar-refractivity contribution < 1.29 is 9.59 Å². The van der Waals surface area contributed by atoms with Crippen molar-refractivity contribution >= 4 is 40.9 Å². The molecule has 1 atom stereocenters. The van der Waals surface area contributed by atoms with Gasteiger partial charge in [0.2, 0.25) is 11.8 Å². The fourth-order valence-electron chi connectivity index (χ4n) is 1.77. The third-order valence-electron chi connectivity index (χ3n) is 2.80. The number of halogens is 1. The quantitative estimate of drug-likeness (QED) is 0.791. The summed E-state index contributed by atoms with van der Waals surface area (Å²) in [6, 6.07) is 5.34. The van der Waals surface area contributed by atoms with Gasteiger partial charge in [0.15, 0.2) is 0 Å². The van der Waals surface area contributed by atoms with Crippen LogP contribution in [0.15, 0.2) is 18.2 Å². The van der Waals surface area contributed by atoms with Crippen LogP contribution >= 0.6 is 23.4 Å². The number of carbonyl (C=O) groups excluding carboxylic acids is 2. The van der Waals surface area contributed by atoms with Gasteiger partial charge in [-0.15, -0.1) is 11.8 Å². The van der Waals surface area contributed by atoms with E-state index in [1.165, 1.54) is 11.8 Å². The Labute approximate surface area is 126 Å². The second-order valence-corrected chi connectivity index (χ2v) is 5.98. The second kappa shape index (κ2) is 6.97. The average molecular weight is 314 g/mol. The summed E-state index contributed by atoms with van der Waals surface area (Å²) in [7, 11) is 0. The highest BCUT2D eigenvalue weighted by Gasteiger charge is 2.18. The Balaban J connectivity index is 1.80. The number of nitrogens with one attached hydrogen (secondary N) is 3. The van der Waals surface area contributed by atoms with Crippen molar-refractivity contribution in [3.63, 3.8) is 0 Å². The molecule has 20 heavy (non-hydrogen) atoms. The molecule has 108 valence electrons. The highest BCUT2D eigenvalue weighted by Crippen LogP contribution is 2.19. The first-order chi connectivity index (χ1) is 9.54. The van der Waals surface area contributed by atoms with E-state index in [-0.39, 0.29) is 23.1 Å². The molecule has 1 fully saturated rings. The van der Waals surface area contributed by atoms with E-state index in [0.717, 1.165) is 11.3 Å². The molecule has 0 bridgehead atoms. The van der Waals surface area contributed by atoms with Crippen molar-refractivity contribution in [3.05, 3.63) is 28.8 Å². The van der Waals surface area contributed by atoms with E-state index >= 15 is 0 Å². The van der Waals surface area contributed by atoms with E-state index < -0.39 is 0 Å². The Bertz CT molecular complexity index is 524. The molecule has 0 saturated carbocycles. The maximum Gasteiger partial charge on any atom is 0.234 e. The van der Waals surface area contributed by atoms with Gasteiger partial charge in [0.1, 0.15) is 5.50 Å². The number of amides is 2. The van der Waals surface area contributed by atoms with E-state index in [1.54, 1.807) is 12.1 Å². The summed E-state index contributed by atoms with van der Waals surface area (Å²) in [5.41, 5.74) is 1.44. The smallest absolute Gasteiger partial charge is 0.234 e. The number of carbonyl (C=O) groups is 2. The van der Waals surface area contributed by atoms with Crippen LogP contribution in [0.1, 0.15) is 12.0 Å². The summed E-state index contributed by atoms with van der Waals surface area (Å²) in [6.45, 7) is 2.52. The number of aryl methyl sites for hydroxylation is 1. The number of benzene rings is 1. The summed E-state index contributed by atoms with van der Waals surface area (Å²) in [6.07, 6.45) is 0.479. The highest BCUT2D eigenvalue weighted by atomic mass is 35.5. The summed E-state index contributed by atoms with van der Waals surface area (Å²) in [5, 5.41) is 9.36. The van der Waals surface area contributed by atoms with Gasteiger partial charge in [0.25, 0.3) is 0 Å². The van der Waals surface area contributed by atoms with E-state index in [1.807, 2.05) is 13.0 Å². The molecule has 0 aromatic heterocycles. The van der Waals surface area contributed by atoms with Crippen LogP contribution in [0.25, 0.3) is 0 Å². The zero-order valence-electron chi connectivity index (χ0n) is 11.0. The van der Waals surface area contributed by atoms with Gasteiger partial charge in [-0.25, -0.2) is 0 Å². The topological polar surface area (TPSA) is 70.2 Å². The zero-order chi connectivity index (χ0) is 14.5. The largest absolute Gasteiger partial charge is 0.332 e. The maximum atomic E-state index is 11.8. The van der Waals surface area contributed by atoms with Crippen molar-refractivity contribution in [2.75, 3.05) is 17.6 Å². The molecular weight excluding hydrogens is 298 g/mol. The molecule has 1 unspecified atom stereocenters. The van der Waals surface area contributed by atoms with Crippen LogP contribution in [-0.2, 0) is 9.59 Å². The first-order valence-corrected chi connectivity index (χ1v) is 7.67. The van der Waals surface area contributed by atoms with E-state index in [9.17, 15) is 9.59 Å². The first kappa shape index (κ1) is 15.2. The molecule has 2 amide bonds. The Morgan fingerprint density at radius 1 is 1.55 bits per heavy atom.